The van der Waals surface area contributed by atoms with Crippen LogP contribution in [0.2, 0.25) is 0 Å². The summed E-state index contributed by atoms with van der Waals surface area (Å²) in [6.07, 6.45) is 1.45. The van der Waals surface area contributed by atoms with E-state index in [0.717, 1.165) is 25.5 Å². The van der Waals surface area contributed by atoms with Crippen LogP contribution in [0.1, 0.15) is 5.76 Å². The van der Waals surface area contributed by atoms with E-state index in [2.05, 4.69) is 20.9 Å². The minimum atomic E-state index is -0.582. The summed E-state index contributed by atoms with van der Waals surface area (Å²) in [7, 11) is 1.98. The van der Waals surface area contributed by atoms with Crippen LogP contribution in [0.25, 0.3) is 21.7 Å². The van der Waals surface area contributed by atoms with E-state index in [9.17, 15) is 10.1 Å². The number of nitrogens with zero attached hydrogens (tertiary/aromatic N) is 4. The SMILES string of the molecule is Cn1c(-c2ccc(Br)s2)nc2cc(N=Cc3ccc([N+](=O)[O-])o3)ccc21. The first-order valence-corrected chi connectivity index (χ1v) is 9.13. The minimum absolute atomic E-state index is 0.307. The molecular formula is C17H11BrN4O3S. The number of aliphatic imine (C=N–C) groups is 1. The first-order valence-electron chi connectivity index (χ1n) is 7.52. The summed E-state index contributed by atoms with van der Waals surface area (Å²) in [5, 5.41) is 10.6. The third kappa shape index (κ3) is 3.06. The largest absolute Gasteiger partial charge is 0.433 e. The lowest BCUT2D eigenvalue weighted by atomic mass is 10.3. The average molecular weight is 431 g/mol. The number of fused-ring (bicyclic) bond motifs is 1. The van der Waals surface area contributed by atoms with Crippen molar-refractivity contribution >= 4 is 56.1 Å². The van der Waals surface area contributed by atoms with Crippen LogP contribution >= 0.6 is 27.3 Å². The Hall–Kier alpha value is -2.78. The van der Waals surface area contributed by atoms with Crippen molar-refractivity contribution in [3.8, 4) is 10.7 Å². The smallest absolute Gasteiger partial charge is 0.400 e. The maximum atomic E-state index is 10.6. The lowest BCUT2D eigenvalue weighted by Crippen LogP contribution is -1.89. The number of benzene rings is 1. The summed E-state index contributed by atoms with van der Waals surface area (Å²) in [4.78, 5) is 20.2. The van der Waals surface area contributed by atoms with Crippen LogP contribution in [0.5, 0.6) is 0 Å². The molecule has 4 rings (SSSR count). The first-order chi connectivity index (χ1) is 12.5. The summed E-state index contributed by atoms with van der Waals surface area (Å²) in [6.45, 7) is 0. The summed E-state index contributed by atoms with van der Waals surface area (Å²) in [5.74, 6) is 0.902. The van der Waals surface area contributed by atoms with Gasteiger partial charge in [0, 0.05) is 7.05 Å². The number of aryl methyl sites for hydroxylation is 1. The predicted octanol–water partition coefficient (Wildman–Crippen LogP) is 5.32. The second kappa shape index (κ2) is 6.50. The molecule has 0 aliphatic carbocycles. The predicted molar refractivity (Wildman–Crippen MR) is 104 cm³/mol. The fourth-order valence-corrected chi connectivity index (χ4v) is 3.98. The zero-order valence-electron chi connectivity index (χ0n) is 13.4. The molecule has 0 aliphatic heterocycles. The van der Waals surface area contributed by atoms with Gasteiger partial charge in [-0.15, -0.1) is 11.3 Å². The molecule has 130 valence electrons. The molecule has 0 aliphatic rings. The molecule has 0 unspecified atom stereocenters. The topological polar surface area (TPSA) is 86.5 Å². The first kappa shape index (κ1) is 16.7. The normalized spacial score (nSPS) is 11.6. The molecular weight excluding hydrogens is 420 g/mol. The summed E-state index contributed by atoms with van der Waals surface area (Å²) in [6, 6.07) is 12.5. The Labute approximate surface area is 159 Å². The number of furan rings is 1. The number of halogens is 1. The van der Waals surface area contributed by atoms with E-state index in [4.69, 9.17) is 9.40 Å². The van der Waals surface area contributed by atoms with Gasteiger partial charge in [0.05, 0.1) is 37.7 Å². The van der Waals surface area contributed by atoms with Crippen molar-refractivity contribution in [2.75, 3.05) is 0 Å². The van der Waals surface area contributed by atoms with Gasteiger partial charge in [0.25, 0.3) is 0 Å². The van der Waals surface area contributed by atoms with Gasteiger partial charge in [-0.1, -0.05) is 0 Å². The maximum Gasteiger partial charge on any atom is 0.433 e. The Morgan fingerprint density at radius 3 is 2.85 bits per heavy atom. The summed E-state index contributed by atoms with van der Waals surface area (Å²) in [5.41, 5.74) is 2.51. The fourth-order valence-electron chi connectivity index (χ4n) is 2.57. The zero-order chi connectivity index (χ0) is 18.3. The van der Waals surface area contributed by atoms with E-state index in [-0.39, 0.29) is 5.88 Å². The number of thiophene rings is 1. The van der Waals surface area contributed by atoms with E-state index >= 15 is 0 Å². The minimum Gasteiger partial charge on any atom is -0.400 e. The highest BCUT2D eigenvalue weighted by molar-refractivity contribution is 9.11. The van der Waals surface area contributed by atoms with Crippen LogP contribution in [0.15, 0.2) is 55.7 Å². The molecule has 0 spiro atoms. The fraction of sp³-hybridized carbons (Fsp3) is 0.0588. The highest BCUT2D eigenvalue weighted by Gasteiger charge is 2.13. The number of hydrogen-bond acceptors (Lipinski definition) is 6. The van der Waals surface area contributed by atoms with Gasteiger partial charge in [0.15, 0.2) is 11.6 Å². The number of aromatic nitrogens is 2. The Kier molecular flexibility index (Phi) is 4.17. The standard InChI is InChI=1S/C17H11BrN4O3S/c1-21-13-4-2-10(19-9-11-3-7-16(25-11)22(23)24)8-12(13)20-17(21)14-5-6-15(18)26-14/h2-9H,1H3. The highest BCUT2D eigenvalue weighted by Crippen LogP contribution is 2.33. The third-order valence-corrected chi connectivity index (χ3v) is 5.41. The van der Waals surface area contributed by atoms with Crippen molar-refractivity contribution in [1.82, 2.24) is 9.55 Å². The third-order valence-electron chi connectivity index (χ3n) is 3.79. The summed E-state index contributed by atoms with van der Waals surface area (Å²) < 4.78 is 8.16. The number of hydrogen-bond donors (Lipinski definition) is 0. The highest BCUT2D eigenvalue weighted by atomic mass is 79.9. The second-order valence-electron chi connectivity index (χ2n) is 5.46. The van der Waals surface area contributed by atoms with Crippen molar-refractivity contribution < 1.29 is 9.34 Å². The van der Waals surface area contributed by atoms with Crippen molar-refractivity contribution in [3.05, 3.63) is 62.1 Å². The van der Waals surface area contributed by atoms with Gasteiger partial charge >= 0.3 is 5.88 Å². The van der Waals surface area contributed by atoms with Crippen LogP contribution in [0, 0.1) is 10.1 Å². The van der Waals surface area contributed by atoms with Crippen LogP contribution in [-0.2, 0) is 7.05 Å². The molecule has 9 heteroatoms. The molecule has 0 bridgehead atoms. The Bertz CT molecular complexity index is 1160. The van der Waals surface area contributed by atoms with E-state index < -0.39 is 4.92 Å². The van der Waals surface area contributed by atoms with Crippen molar-refractivity contribution in [1.29, 1.82) is 0 Å². The molecule has 0 radical (unpaired) electrons. The van der Waals surface area contributed by atoms with Gasteiger partial charge in [-0.2, -0.15) is 0 Å². The molecule has 0 fully saturated rings. The molecule has 0 N–H and O–H groups in total. The van der Waals surface area contributed by atoms with Crippen LogP contribution in [0.3, 0.4) is 0 Å². The van der Waals surface area contributed by atoms with E-state index in [1.54, 1.807) is 11.3 Å². The lowest BCUT2D eigenvalue weighted by Gasteiger charge is -1.99. The molecule has 4 aromatic rings. The monoisotopic (exact) mass is 430 g/mol. The van der Waals surface area contributed by atoms with Crippen molar-refractivity contribution in [3.63, 3.8) is 0 Å². The number of nitro groups is 1. The molecule has 0 amide bonds. The van der Waals surface area contributed by atoms with E-state index in [0.29, 0.717) is 11.4 Å². The zero-order valence-corrected chi connectivity index (χ0v) is 15.8. The number of rotatable bonds is 4. The van der Waals surface area contributed by atoms with Gasteiger partial charge in [-0.3, -0.25) is 15.1 Å². The lowest BCUT2D eigenvalue weighted by molar-refractivity contribution is -0.402. The molecule has 26 heavy (non-hydrogen) atoms. The van der Waals surface area contributed by atoms with E-state index in [1.807, 2.05) is 41.9 Å². The second-order valence-corrected chi connectivity index (χ2v) is 7.93. The van der Waals surface area contributed by atoms with Gasteiger partial charge in [-0.05, 0) is 52.3 Å². The Morgan fingerprint density at radius 1 is 1.31 bits per heavy atom. The average Bonchev–Trinajstić information content (AvgIpc) is 3.32. The molecule has 7 nitrogen and oxygen atoms in total. The Balaban J connectivity index is 1.67. The quantitative estimate of drug-likeness (QED) is 0.249. The van der Waals surface area contributed by atoms with Crippen molar-refractivity contribution in [2.45, 2.75) is 0 Å². The van der Waals surface area contributed by atoms with Crippen LogP contribution in [-0.4, -0.2) is 20.7 Å². The summed E-state index contributed by atoms with van der Waals surface area (Å²) >= 11 is 5.10. The van der Waals surface area contributed by atoms with Gasteiger partial charge < -0.3 is 8.98 Å². The maximum absolute atomic E-state index is 10.6. The van der Waals surface area contributed by atoms with Gasteiger partial charge in [0.1, 0.15) is 4.92 Å². The van der Waals surface area contributed by atoms with Gasteiger partial charge in [-0.25, -0.2) is 4.98 Å². The molecule has 1 aromatic carbocycles. The van der Waals surface area contributed by atoms with Gasteiger partial charge in [0.2, 0.25) is 0 Å². The van der Waals surface area contributed by atoms with Crippen LogP contribution < -0.4 is 0 Å². The van der Waals surface area contributed by atoms with Crippen LogP contribution in [0.4, 0.5) is 11.6 Å². The Morgan fingerprint density at radius 2 is 2.15 bits per heavy atom. The molecule has 0 atom stereocenters. The molecule has 0 saturated heterocycles. The van der Waals surface area contributed by atoms with Crippen molar-refractivity contribution in [2.24, 2.45) is 12.0 Å². The molecule has 0 saturated carbocycles. The van der Waals surface area contributed by atoms with E-state index in [1.165, 1.54) is 18.3 Å². The number of imidazole rings is 1. The molecule has 3 aromatic heterocycles. The molecule has 3 heterocycles.